The van der Waals surface area contributed by atoms with E-state index >= 15 is 0 Å². The van der Waals surface area contributed by atoms with Gasteiger partial charge in [-0.3, -0.25) is 20.4 Å². The molecule has 1 aliphatic heterocycles. The number of benzene rings is 1. The fraction of sp³-hybridized carbons (Fsp3) is 0.500. The average Bonchev–Trinajstić information content (AvgIpc) is 3.04. The first-order valence-electron chi connectivity index (χ1n) is 7.75. The van der Waals surface area contributed by atoms with Crippen molar-refractivity contribution in [3.8, 4) is 0 Å². The van der Waals surface area contributed by atoms with Crippen LogP contribution < -0.4 is 21.5 Å². The van der Waals surface area contributed by atoms with E-state index in [0.717, 1.165) is 12.0 Å². The second kappa shape index (κ2) is 8.51. The van der Waals surface area contributed by atoms with E-state index in [4.69, 9.17) is 0 Å². The zero-order valence-corrected chi connectivity index (χ0v) is 12.9. The number of hydrogen-bond acceptors (Lipinski definition) is 4. The van der Waals surface area contributed by atoms with Crippen molar-refractivity contribution in [3.05, 3.63) is 35.9 Å². The van der Waals surface area contributed by atoms with Crippen LogP contribution in [0, 0.1) is 0 Å². The van der Waals surface area contributed by atoms with Crippen LogP contribution >= 0.6 is 0 Å². The normalized spacial score (nSPS) is 16.2. The lowest BCUT2D eigenvalue weighted by Gasteiger charge is -2.15. The van der Waals surface area contributed by atoms with Crippen molar-refractivity contribution >= 4 is 11.8 Å². The van der Waals surface area contributed by atoms with Gasteiger partial charge in [-0.1, -0.05) is 37.3 Å². The van der Waals surface area contributed by atoms with E-state index in [1.165, 1.54) is 0 Å². The van der Waals surface area contributed by atoms with Gasteiger partial charge in [-0.05, 0) is 17.9 Å². The van der Waals surface area contributed by atoms with Gasteiger partial charge in [0.05, 0.1) is 12.6 Å². The van der Waals surface area contributed by atoms with E-state index < -0.39 is 0 Å². The van der Waals surface area contributed by atoms with Crippen molar-refractivity contribution < 1.29 is 9.59 Å². The van der Waals surface area contributed by atoms with Crippen LogP contribution in [0.1, 0.15) is 31.2 Å². The molecular formula is C16H24N4O2. The van der Waals surface area contributed by atoms with E-state index in [-0.39, 0.29) is 30.3 Å². The molecule has 120 valence electrons. The average molecular weight is 304 g/mol. The Balaban J connectivity index is 1.73. The minimum atomic E-state index is -0.156. The molecule has 1 aliphatic rings. The van der Waals surface area contributed by atoms with Gasteiger partial charge >= 0.3 is 0 Å². The van der Waals surface area contributed by atoms with Gasteiger partial charge in [0, 0.05) is 19.5 Å². The summed E-state index contributed by atoms with van der Waals surface area (Å²) in [6.45, 7) is 3.50. The summed E-state index contributed by atoms with van der Waals surface area (Å²) in [5.74, 6) is -0.0578. The van der Waals surface area contributed by atoms with Crippen molar-refractivity contribution in [3.63, 3.8) is 0 Å². The van der Waals surface area contributed by atoms with Gasteiger partial charge in [0.1, 0.15) is 0 Å². The summed E-state index contributed by atoms with van der Waals surface area (Å²) in [6.07, 6.45) is 1.30. The van der Waals surface area contributed by atoms with Gasteiger partial charge < -0.3 is 10.6 Å². The van der Waals surface area contributed by atoms with Crippen LogP contribution in [-0.4, -0.2) is 37.5 Å². The van der Waals surface area contributed by atoms with Crippen LogP contribution in [0.15, 0.2) is 30.3 Å². The van der Waals surface area contributed by atoms with Crippen LogP contribution in [-0.2, 0) is 9.59 Å². The van der Waals surface area contributed by atoms with E-state index in [1.807, 2.05) is 30.3 Å². The molecule has 1 aromatic rings. The Hall–Kier alpha value is -1.92. The summed E-state index contributed by atoms with van der Waals surface area (Å²) >= 11 is 0. The maximum absolute atomic E-state index is 12.0. The van der Waals surface area contributed by atoms with Crippen LogP contribution in [0.3, 0.4) is 0 Å². The van der Waals surface area contributed by atoms with E-state index in [0.29, 0.717) is 19.5 Å². The molecule has 0 radical (unpaired) electrons. The number of hydrazine groups is 1. The smallest absolute Gasteiger partial charge is 0.239 e. The maximum Gasteiger partial charge on any atom is 0.239 e. The Labute approximate surface area is 131 Å². The molecular weight excluding hydrogens is 280 g/mol. The molecule has 2 amide bonds. The highest BCUT2D eigenvalue weighted by Crippen LogP contribution is 2.22. The second-order valence-electron chi connectivity index (χ2n) is 5.52. The summed E-state index contributed by atoms with van der Waals surface area (Å²) < 4.78 is 0. The minimum Gasteiger partial charge on any atom is -0.349 e. The molecule has 4 N–H and O–H groups in total. The number of amides is 2. The van der Waals surface area contributed by atoms with Crippen molar-refractivity contribution in [2.24, 2.45) is 0 Å². The van der Waals surface area contributed by atoms with Crippen molar-refractivity contribution in [2.75, 3.05) is 19.6 Å². The molecule has 6 heteroatoms. The van der Waals surface area contributed by atoms with Crippen LogP contribution in [0.2, 0.25) is 0 Å². The lowest BCUT2D eigenvalue weighted by Crippen LogP contribution is -2.44. The highest BCUT2D eigenvalue weighted by molar-refractivity contribution is 5.85. The number of carbonyl (C=O) groups is 2. The first-order valence-corrected chi connectivity index (χ1v) is 7.75. The van der Waals surface area contributed by atoms with Gasteiger partial charge in [-0.25, -0.2) is 0 Å². The molecule has 1 fully saturated rings. The zero-order valence-electron chi connectivity index (χ0n) is 12.9. The molecule has 22 heavy (non-hydrogen) atoms. The summed E-state index contributed by atoms with van der Waals surface area (Å²) in [7, 11) is 0. The molecule has 0 aliphatic carbocycles. The molecule has 6 nitrogen and oxygen atoms in total. The van der Waals surface area contributed by atoms with Gasteiger partial charge in [-0.2, -0.15) is 0 Å². The maximum atomic E-state index is 12.0. The van der Waals surface area contributed by atoms with Crippen LogP contribution in [0.5, 0.6) is 0 Å². The number of carbonyl (C=O) groups excluding carboxylic acids is 2. The molecule has 1 saturated heterocycles. The molecule has 1 heterocycles. The SMILES string of the molecule is CCC(CC(=O)NCC(=O)NC1CNNC1)c1ccccc1. The Morgan fingerprint density at radius 1 is 1.18 bits per heavy atom. The number of nitrogens with one attached hydrogen (secondary N) is 4. The largest absolute Gasteiger partial charge is 0.349 e. The first-order chi connectivity index (χ1) is 10.7. The third kappa shape index (κ3) is 5.13. The fourth-order valence-electron chi connectivity index (χ4n) is 2.54. The highest BCUT2D eigenvalue weighted by atomic mass is 16.2. The first kappa shape index (κ1) is 16.5. The Morgan fingerprint density at radius 2 is 1.86 bits per heavy atom. The highest BCUT2D eigenvalue weighted by Gasteiger charge is 2.18. The van der Waals surface area contributed by atoms with E-state index in [1.54, 1.807) is 0 Å². The van der Waals surface area contributed by atoms with E-state index in [9.17, 15) is 9.59 Å². The van der Waals surface area contributed by atoms with E-state index in [2.05, 4.69) is 28.4 Å². The molecule has 1 unspecified atom stereocenters. The summed E-state index contributed by atoms with van der Waals surface area (Å²) in [5.41, 5.74) is 7.04. The fourth-order valence-corrected chi connectivity index (χ4v) is 2.54. The molecule has 1 atom stereocenters. The quantitative estimate of drug-likeness (QED) is 0.583. The summed E-state index contributed by atoms with van der Waals surface area (Å²) in [5, 5.41) is 5.55. The predicted octanol–water partition coefficient (Wildman–Crippen LogP) is 0.279. The van der Waals surface area contributed by atoms with Gasteiger partial charge in [-0.15, -0.1) is 0 Å². The van der Waals surface area contributed by atoms with Crippen LogP contribution in [0.25, 0.3) is 0 Å². The third-order valence-electron chi connectivity index (χ3n) is 3.83. The second-order valence-corrected chi connectivity index (χ2v) is 5.52. The predicted molar refractivity (Wildman–Crippen MR) is 85.0 cm³/mol. The monoisotopic (exact) mass is 304 g/mol. The summed E-state index contributed by atoms with van der Waals surface area (Å²) in [4.78, 5) is 23.8. The van der Waals surface area contributed by atoms with Crippen molar-refractivity contribution in [1.29, 1.82) is 0 Å². The zero-order chi connectivity index (χ0) is 15.8. The Morgan fingerprint density at radius 3 is 2.50 bits per heavy atom. The van der Waals surface area contributed by atoms with Gasteiger partial charge in [0.25, 0.3) is 0 Å². The molecule has 0 saturated carbocycles. The third-order valence-corrected chi connectivity index (χ3v) is 3.83. The topological polar surface area (TPSA) is 82.3 Å². The molecule has 0 bridgehead atoms. The molecule has 0 spiro atoms. The molecule has 0 aromatic heterocycles. The Kier molecular flexibility index (Phi) is 6.36. The lowest BCUT2D eigenvalue weighted by molar-refractivity contribution is -0.126. The van der Waals surface area contributed by atoms with Gasteiger partial charge in [0.2, 0.25) is 11.8 Å². The number of rotatable bonds is 7. The number of hydrogen-bond donors (Lipinski definition) is 4. The molecule has 2 rings (SSSR count). The summed E-state index contributed by atoms with van der Waals surface area (Å²) in [6, 6.07) is 10.1. The minimum absolute atomic E-state index is 0.0283. The Bertz CT molecular complexity index is 486. The van der Waals surface area contributed by atoms with Crippen LogP contribution in [0.4, 0.5) is 0 Å². The van der Waals surface area contributed by atoms with Gasteiger partial charge in [0.15, 0.2) is 0 Å². The molecule has 1 aromatic carbocycles. The lowest BCUT2D eigenvalue weighted by atomic mass is 9.93. The van der Waals surface area contributed by atoms with Crippen molar-refractivity contribution in [1.82, 2.24) is 21.5 Å². The standard InChI is InChI=1S/C16H24N4O2/c1-2-12(13-6-4-3-5-7-13)8-15(21)17-11-16(22)20-14-9-18-19-10-14/h3-7,12,14,18-19H,2,8-11H2,1H3,(H,17,21)(H,20,22). The van der Waals surface area contributed by atoms with Crippen molar-refractivity contribution in [2.45, 2.75) is 31.7 Å².